The maximum absolute atomic E-state index is 5.15. The van der Waals surface area contributed by atoms with Crippen LogP contribution in [0.5, 0.6) is 0 Å². The van der Waals surface area contributed by atoms with Crippen LogP contribution in [0, 0.1) is 13.8 Å². The molecule has 4 heterocycles. The second-order valence-corrected chi connectivity index (χ2v) is 9.59. The Bertz CT molecular complexity index is 1620. The van der Waals surface area contributed by atoms with Gasteiger partial charge in [0.1, 0.15) is 0 Å². The van der Waals surface area contributed by atoms with Gasteiger partial charge in [0, 0.05) is 11.4 Å². The molecule has 2 aromatic heterocycles. The zero-order chi connectivity index (χ0) is 24.2. The Morgan fingerprint density at radius 3 is 1.50 bits per heavy atom. The van der Waals surface area contributed by atoms with E-state index in [4.69, 9.17) is 20.6 Å². The van der Waals surface area contributed by atoms with Crippen LogP contribution in [0.4, 0.5) is 11.4 Å². The predicted molar refractivity (Wildman–Crippen MR) is 149 cm³/mol. The number of benzene rings is 3. The Hall–Kier alpha value is -3.25. The first-order chi connectivity index (χ1) is 17.6. The van der Waals surface area contributed by atoms with Crippen molar-refractivity contribution in [2.75, 3.05) is 0 Å². The summed E-state index contributed by atoms with van der Waals surface area (Å²) in [5, 5.41) is 12.5. The molecule has 0 spiro atoms. The molecule has 2 atom stereocenters. The normalized spacial score (nSPS) is 17.0. The van der Waals surface area contributed by atoms with E-state index in [1.54, 1.807) is 0 Å². The SMILES string of the molecule is Cc1ccc2ccc3c(c2n1)[N-]C(c1cccc(C2C=Cc4ccc5ccc(C)nc5c4[N-]2)c1)C=C3.[Li+].[Li+]. The molecule has 2 aliphatic rings. The maximum atomic E-state index is 5.15. The van der Waals surface area contributed by atoms with Crippen molar-refractivity contribution in [1.29, 1.82) is 0 Å². The Morgan fingerprint density at radius 2 is 1.03 bits per heavy atom. The minimum Gasteiger partial charge on any atom is -0.673 e. The molecule has 3 aromatic carbocycles. The van der Waals surface area contributed by atoms with Gasteiger partial charge in [-0.15, -0.1) is 11.4 Å². The molecule has 174 valence electrons. The summed E-state index contributed by atoms with van der Waals surface area (Å²) < 4.78 is 0. The van der Waals surface area contributed by atoms with Gasteiger partial charge in [0.05, 0.1) is 11.0 Å². The average molecular weight is 478 g/mol. The van der Waals surface area contributed by atoms with Crippen LogP contribution in [0.1, 0.15) is 45.7 Å². The summed E-state index contributed by atoms with van der Waals surface area (Å²) in [5.74, 6) is 0. The molecule has 0 saturated heterocycles. The van der Waals surface area contributed by atoms with Gasteiger partial charge in [0.2, 0.25) is 0 Å². The fourth-order valence-corrected chi connectivity index (χ4v) is 5.17. The van der Waals surface area contributed by atoms with Crippen LogP contribution in [0.2, 0.25) is 0 Å². The zero-order valence-corrected chi connectivity index (χ0v) is 22.2. The summed E-state index contributed by atoms with van der Waals surface area (Å²) in [6.45, 7) is 4.05. The van der Waals surface area contributed by atoms with Crippen molar-refractivity contribution in [3.05, 3.63) is 129 Å². The molecule has 38 heavy (non-hydrogen) atoms. The van der Waals surface area contributed by atoms with Crippen LogP contribution in [0.3, 0.4) is 0 Å². The Kier molecular flexibility index (Phi) is 7.28. The first kappa shape index (κ1) is 26.4. The molecule has 2 aliphatic heterocycles. The predicted octanol–water partition coefficient (Wildman–Crippen LogP) is 2.95. The van der Waals surface area contributed by atoms with E-state index >= 15 is 0 Å². The second kappa shape index (κ2) is 10.5. The minimum absolute atomic E-state index is 0. The van der Waals surface area contributed by atoms with Crippen molar-refractivity contribution in [2.24, 2.45) is 0 Å². The maximum Gasteiger partial charge on any atom is 1.00 e. The van der Waals surface area contributed by atoms with Gasteiger partial charge >= 0.3 is 37.7 Å². The third-order valence-electron chi connectivity index (χ3n) is 7.06. The third-order valence-corrected chi connectivity index (χ3v) is 7.06. The smallest absolute Gasteiger partial charge is 0.673 e. The molecule has 0 amide bonds. The summed E-state index contributed by atoms with van der Waals surface area (Å²) in [6.07, 6.45) is 8.69. The van der Waals surface area contributed by atoms with E-state index < -0.39 is 0 Å². The molecule has 6 heteroatoms. The second-order valence-electron chi connectivity index (χ2n) is 9.59. The van der Waals surface area contributed by atoms with E-state index in [9.17, 15) is 0 Å². The summed E-state index contributed by atoms with van der Waals surface area (Å²) in [4.78, 5) is 9.61. The number of fused-ring (bicyclic) bond motifs is 6. The Morgan fingerprint density at radius 1 is 0.579 bits per heavy atom. The van der Waals surface area contributed by atoms with Crippen molar-refractivity contribution in [1.82, 2.24) is 9.97 Å². The summed E-state index contributed by atoms with van der Waals surface area (Å²) in [5.41, 5.74) is 10.4. The van der Waals surface area contributed by atoms with E-state index in [1.807, 2.05) is 26.0 Å². The fraction of sp³-hybridized carbons (Fsp3) is 0.125. The van der Waals surface area contributed by atoms with Crippen LogP contribution in [-0.2, 0) is 0 Å². The van der Waals surface area contributed by atoms with E-state index in [-0.39, 0.29) is 49.8 Å². The molecule has 7 rings (SSSR count). The number of hydrogen-bond donors (Lipinski definition) is 0. The fourth-order valence-electron chi connectivity index (χ4n) is 5.17. The molecule has 0 fully saturated rings. The van der Waals surface area contributed by atoms with Gasteiger partial charge in [0.25, 0.3) is 0 Å². The van der Waals surface area contributed by atoms with Crippen LogP contribution in [-0.4, -0.2) is 9.97 Å². The Balaban J connectivity index is 0.00000147. The molecule has 0 aliphatic carbocycles. The quantitative estimate of drug-likeness (QED) is 0.367. The molecule has 4 nitrogen and oxygen atoms in total. The number of aryl methyl sites for hydroxylation is 2. The van der Waals surface area contributed by atoms with Crippen LogP contribution >= 0.6 is 0 Å². The van der Waals surface area contributed by atoms with Gasteiger partial charge in [0.15, 0.2) is 0 Å². The molecule has 0 saturated carbocycles. The summed E-state index contributed by atoms with van der Waals surface area (Å²) in [7, 11) is 0. The summed E-state index contributed by atoms with van der Waals surface area (Å²) >= 11 is 0. The Labute approximate surface area is 247 Å². The van der Waals surface area contributed by atoms with Gasteiger partial charge in [-0.25, -0.2) is 0 Å². The van der Waals surface area contributed by atoms with Gasteiger partial charge in [-0.2, -0.15) is 0 Å². The van der Waals surface area contributed by atoms with E-state index in [0.717, 1.165) is 66.8 Å². The van der Waals surface area contributed by atoms with E-state index in [1.165, 1.54) is 0 Å². The van der Waals surface area contributed by atoms with Crippen LogP contribution < -0.4 is 37.7 Å². The monoisotopic (exact) mass is 478 g/mol. The number of nitrogens with zero attached hydrogens (tertiary/aromatic N) is 4. The van der Waals surface area contributed by atoms with E-state index in [0.29, 0.717) is 0 Å². The third kappa shape index (κ3) is 4.60. The average Bonchev–Trinajstić information content (AvgIpc) is 2.92. The van der Waals surface area contributed by atoms with Crippen LogP contribution in [0.15, 0.2) is 84.9 Å². The van der Waals surface area contributed by atoms with Gasteiger partial charge in [-0.3, -0.25) is 9.97 Å². The first-order valence-corrected chi connectivity index (χ1v) is 12.3. The molecular formula is C32H24Li2N4. The standard InChI is InChI=1S/C32H24N4.2Li/c1-19-6-8-21-10-12-23-14-16-27(35-31(23)29(21)33-19)25-4-3-5-26(18-25)28-17-15-24-13-11-22-9-7-20(2)34-30(22)32(24)36-28;;/h3-18,27-28H,1-2H3;;/q-2;2*+1. The number of aromatic nitrogens is 2. The number of rotatable bonds is 2. The molecule has 5 aromatic rings. The topological polar surface area (TPSA) is 54.0 Å². The number of pyridine rings is 2. The molecule has 2 unspecified atom stereocenters. The minimum atomic E-state index is -0.0598. The van der Waals surface area contributed by atoms with Crippen molar-refractivity contribution in [3.63, 3.8) is 0 Å². The zero-order valence-electron chi connectivity index (χ0n) is 22.2. The van der Waals surface area contributed by atoms with Gasteiger partial charge in [-0.05, 0) is 47.9 Å². The summed E-state index contributed by atoms with van der Waals surface area (Å²) in [6, 6.07) is 25.4. The first-order valence-electron chi connectivity index (χ1n) is 12.3. The molecule has 0 bridgehead atoms. The molecular weight excluding hydrogens is 454 g/mol. The van der Waals surface area contributed by atoms with Gasteiger partial charge in [-0.1, -0.05) is 108 Å². The van der Waals surface area contributed by atoms with E-state index in [2.05, 4.69) is 85.0 Å². The van der Waals surface area contributed by atoms with Crippen molar-refractivity contribution < 1.29 is 37.7 Å². The van der Waals surface area contributed by atoms with Crippen LogP contribution in [0.25, 0.3) is 44.6 Å². The van der Waals surface area contributed by atoms with Crippen molar-refractivity contribution in [2.45, 2.75) is 25.9 Å². The molecule has 0 radical (unpaired) electrons. The van der Waals surface area contributed by atoms with Gasteiger partial charge < -0.3 is 10.6 Å². The molecule has 0 N–H and O–H groups in total. The number of hydrogen-bond acceptors (Lipinski definition) is 2. The van der Waals surface area contributed by atoms with Crippen molar-refractivity contribution in [3.8, 4) is 0 Å². The largest absolute Gasteiger partial charge is 1.00 e. The van der Waals surface area contributed by atoms with Crippen molar-refractivity contribution >= 4 is 45.3 Å².